The highest BCUT2D eigenvalue weighted by atomic mass is 16.5. The van der Waals surface area contributed by atoms with E-state index in [2.05, 4.69) is 18.7 Å². The molecule has 1 fully saturated rings. The lowest BCUT2D eigenvalue weighted by atomic mass is 9.78. The zero-order chi connectivity index (χ0) is 15.3. The van der Waals surface area contributed by atoms with Gasteiger partial charge in [0.15, 0.2) is 5.78 Å². The molecule has 0 atom stereocenters. The maximum atomic E-state index is 12.3. The van der Waals surface area contributed by atoms with Gasteiger partial charge in [-0.05, 0) is 62.5 Å². The molecular formula is C18H27NO2. The number of ether oxygens (including phenoxy) is 1. The number of hydrogen-bond acceptors (Lipinski definition) is 3. The maximum Gasteiger partial charge on any atom is 0.176 e. The van der Waals surface area contributed by atoms with Gasteiger partial charge in [0.1, 0.15) is 5.75 Å². The molecule has 1 aliphatic rings. The fourth-order valence-corrected chi connectivity index (χ4v) is 2.80. The van der Waals surface area contributed by atoms with Gasteiger partial charge in [-0.15, -0.1) is 0 Å². The second-order valence-corrected chi connectivity index (χ2v) is 6.32. The summed E-state index contributed by atoms with van der Waals surface area (Å²) in [6, 6.07) is 7.49. The Morgan fingerprint density at radius 1 is 1.19 bits per heavy atom. The number of carbonyl (C=O) groups excluding carboxylic acids is 1. The first kappa shape index (κ1) is 16.0. The van der Waals surface area contributed by atoms with Crippen molar-refractivity contribution in [2.75, 3.05) is 26.2 Å². The summed E-state index contributed by atoms with van der Waals surface area (Å²) in [5.74, 6) is 1.03. The minimum absolute atomic E-state index is 0.207. The number of benzene rings is 1. The summed E-state index contributed by atoms with van der Waals surface area (Å²) in [6.07, 6.45) is 3.62. The van der Waals surface area contributed by atoms with E-state index < -0.39 is 0 Å². The van der Waals surface area contributed by atoms with E-state index in [0.29, 0.717) is 18.6 Å². The SMILES string of the molecule is CCOc1ccc(C(=O)CN2CCC(C)(CC)CC2)cc1. The topological polar surface area (TPSA) is 29.5 Å². The Hall–Kier alpha value is -1.35. The van der Waals surface area contributed by atoms with Crippen LogP contribution in [0.3, 0.4) is 0 Å². The third kappa shape index (κ3) is 4.31. The molecule has 1 aromatic rings. The number of hydrogen-bond donors (Lipinski definition) is 0. The van der Waals surface area contributed by atoms with E-state index in [9.17, 15) is 4.79 Å². The number of Topliss-reactive ketones (excluding diaryl/α,β-unsaturated/α-hetero) is 1. The summed E-state index contributed by atoms with van der Waals surface area (Å²) in [7, 11) is 0. The third-order valence-electron chi connectivity index (χ3n) is 4.77. The van der Waals surface area contributed by atoms with E-state index in [-0.39, 0.29) is 5.78 Å². The van der Waals surface area contributed by atoms with Gasteiger partial charge < -0.3 is 4.74 Å². The van der Waals surface area contributed by atoms with Gasteiger partial charge in [-0.1, -0.05) is 20.3 Å². The van der Waals surface area contributed by atoms with Gasteiger partial charge in [-0.25, -0.2) is 0 Å². The van der Waals surface area contributed by atoms with Gasteiger partial charge in [-0.2, -0.15) is 0 Å². The Kier molecular flexibility index (Phi) is 5.40. The predicted octanol–water partition coefficient (Wildman–Crippen LogP) is 3.78. The van der Waals surface area contributed by atoms with Crippen molar-refractivity contribution in [1.29, 1.82) is 0 Å². The van der Waals surface area contributed by atoms with E-state index in [1.807, 2.05) is 31.2 Å². The van der Waals surface area contributed by atoms with Crippen LogP contribution >= 0.6 is 0 Å². The standard InChI is InChI=1S/C18H27NO2/c1-4-18(3)10-12-19(13-11-18)14-17(20)15-6-8-16(9-7-15)21-5-2/h6-9H,4-5,10-14H2,1-3H3. The van der Waals surface area contributed by atoms with Crippen LogP contribution in [0.25, 0.3) is 0 Å². The van der Waals surface area contributed by atoms with Crippen LogP contribution in [0, 0.1) is 5.41 Å². The predicted molar refractivity (Wildman–Crippen MR) is 86.0 cm³/mol. The van der Waals surface area contributed by atoms with Crippen molar-refractivity contribution in [2.45, 2.75) is 40.0 Å². The first-order valence-electron chi connectivity index (χ1n) is 8.05. The summed E-state index contributed by atoms with van der Waals surface area (Å²) in [6.45, 7) is 9.84. The van der Waals surface area contributed by atoms with E-state index in [1.54, 1.807) is 0 Å². The molecule has 0 amide bonds. The van der Waals surface area contributed by atoms with Crippen LogP contribution in [0.1, 0.15) is 50.4 Å². The minimum Gasteiger partial charge on any atom is -0.494 e. The molecule has 0 N–H and O–H groups in total. The number of carbonyl (C=O) groups is 1. The molecule has 3 nitrogen and oxygen atoms in total. The molecule has 3 heteroatoms. The second kappa shape index (κ2) is 7.08. The zero-order valence-corrected chi connectivity index (χ0v) is 13.5. The van der Waals surface area contributed by atoms with Crippen LogP contribution < -0.4 is 4.74 Å². The highest BCUT2D eigenvalue weighted by Gasteiger charge is 2.28. The largest absolute Gasteiger partial charge is 0.494 e. The van der Waals surface area contributed by atoms with Gasteiger partial charge in [0.2, 0.25) is 0 Å². The molecule has 116 valence electrons. The second-order valence-electron chi connectivity index (χ2n) is 6.32. The summed E-state index contributed by atoms with van der Waals surface area (Å²) in [5, 5.41) is 0. The monoisotopic (exact) mass is 289 g/mol. The molecule has 0 aliphatic carbocycles. The van der Waals surface area contributed by atoms with Crippen LogP contribution in [-0.2, 0) is 0 Å². The lowest BCUT2D eigenvalue weighted by molar-refractivity contribution is 0.0813. The average Bonchev–Trinajstić information content (AvgIpc) is 2.51. The van der Waals surface area contributed by atoms with Crippen molar-refractivity contribution >= 4 is 5.78 Å². The minimum atomic E-state index is 0.207. The first-order chi connectivity index (χ1) is 10.1. The summed E-state index contributed by atoms with van der Waals surface area (Å²) >= 11 is 0. The van der Waals surface area contributed by atoms with Crippen LogP contribution in [-0.4, -0.2) is 36.9 Å². The summed E-state index contributed by atoms with van der Waals surface area (Å²) < 4.78 is 5.40. The Bertz CT molecular complexity index is 459. The molecule has 0 bridgehead atoms. The molecule has 0 radical (unpaired) electrons. The smallest absolute Gasteiger partial charge is 0.176 e. The Labute approximate surface area is 128 Å². The van der Waals surface area contributed by atoms with Crippen molar-refractivity contribution in [3.63, 3.8) is 0 Å². The molecule has 2 rings (SSSR count). The van der Waals surface area contributed by atoms with E-state index in [0.717, 1.165) is 24.4 Å². The van der Waals surface area contributed by atoms with Crippen LogP contribution in [0.4, 0.5) is 0 Å². The molecule has 0 unspecified atom stereocenters. The van der Waals surface area contributed by atoms with Gasteiger partial charge in [0.05, 0.1) is 13.2 Å². The van der Waals surface area contributed by atoms with E-state index >= 15 is 0 Å². The highest BCUT2D eigenvalue weighted by Crippen LogP contribution is 2.33. The molecule has 21 heavy (non-hydrogen) atoms. The van der Waals surface area contributed by atoms with E-state index in [4.69, 9.17) is 4.74 Å². The van der Waals surface area contributed by atoms with Crippen LogP contribution in [0.2, 0.25) is 0 Å². The zero-order valence-electron chi connectivity index (χ0n) is 13.5. The van der Waals surface area contributed by atoms with E-state index in [1.165, 1.54) is 19.3 Å². The van der Waals surface area contributed by atoms with Crippen molar-refractivity contribution < 1.29 is 9.53 Å². The fourth-order valence-electron chi connectivity index (χ4n) is 2.80. The molecular weight excluding hydrogens is 262 g/mol. The number of rotatable bonds is 6. The molecule has 1 aliphatic heterocycles. The van der Waals surface area contributed by atoms with Crippen molar-refractivity contribution in [3.8, 4) is 5.75 Å². The molecule has 0 aromatic heterocycles. The average molecular weight is 289 g/mol. The van der Waals surface area contributed by atoms with Gasteiger partial charge >= 0.3 is 0 Å². The van der Waals surface area contributed by atoms with Gasteiger partial charge in [0, 0.05) is 5.56 Å². The molecule has 1 aromatic carbocycles. The van der Waals surface area contributed by atoms with Gasteiger partial charge in [-0.3, -0.25) is 9.69 Å². The van der Waals surface area contributed by atoms with Crippen molar-refractivity contribution in [1.82, 2.24) is 4.90 Å². The van der Waals surface area contributed by atoms with Crippen LogP contribution in [0.5, 0.6) is 5.75 Å². The number of piperidine rings is 1. The Balaban J connectivity index is 1.87. The normalized spacial score (nSPS) is 18.4. The number of likely N-dealkylation sites (tertiary alicyclic amines) is 1. The highest BCUT2D eigenvalue weighted by molar-refractivity contribution is 5.97. The summed E-state index contributed by atoms with van der Waals surface area (Å²) in [4.78, 5) is 14.6. The quantitative estimate of drug-likeness (QED) is 0.746. The first-order valence-corrected chi connectivity index (χ1v) is 8.05. The fraction of sp³-hybridized carbons (Fsp3) is 0.611. The van der Waals surface area contributed by atoms with Crippen molar-refractivity contribution in [3.05, 3.63) is 29.8 Å². The number of ketones is 1. The van der Waals surface area contributed by atoms with Crippen molar-refractivity contribution in [2.24, 2.45) is 5.41 Å². The summed E-state index contributed by atoms with van der Waals surface area (Å²) in [5.41, 5.74) is 1.25. The Morgan fingerprint density at radius 2 is 1.81 bits per heavy atom. The lowest BCUT2D eigenvalue weighted by Gasteiger charge is -2.38. The van der Waals surface area contributed by atoms with Crippen LogP contribution in [0.15, 0.2) is 24.3 Å². The van der Waals surface area contributed by atoms with Gasteiger partial charge in [0.25, 0.3) is 0 Å². The Morgan fingerprint density at radius 3 is 2.33 bits per heavy atom. The maximum absolute atomic E-state index is 12.3. The lowest BCUT2D eigenvalue weighted by Crippen LogP contribution is -2.40. The third-order valence-corrected chi connectivity index (χ3v) is 4.77. The molecule has 1 saturated heterocycles. The molecule has 0 saturated carbocycles. The number of nitrogens with zero attached hydrogens (tertiary/aromatic N) is 1. The molecule has 1 heterocycles. The molecule has 0 spiro atoms.